The fraction of sp³-hybridized carbons (Fsp3) is 0.409. The van der Waals surface area contributed by atoms with E-state index in [1.165, 1.54) is 19.1 Å². The molecule has 0 bridgehead atoms. The fourth-order valence-electron chi connectivity index (χ4n) is 3.74. The number of hydrogen-bond donors (Lipinski definition) is 2. The molecule has 3 rings (SSSR count). The minimum atomic E-state index is -3.89. The van der Waals surface area contributed by atoms with Crippen molar-refractivity contribution in [1.82, 2.24) is 10.0 Å². The zero-order valence-electron chi connectivity index (χ0n) is 17.8. The van der Waals surface area contributed by atoms with Gasteiger partial charge in [0.2, 0.25) is 15.9 Å². The van der Waals surface area contributed by atoms with Gasteiger partial charge in [-0.3, -0.25) is 4.79 Å². The highest BCUT2D eigenvalue weighted by Crippen LogP contribution is 2.36. The summed E-state index contributed by atoms with van der Waals surface area (Å²) in [7, 11) is -3.89. The summed E-state index contributed by atoms with van der Waals surface area (Å²) in [5, 5.41) is 2.88. The first kappa shape index (κ1) is 22.8. The number of benzene rings is 2. The van der Waals surface area contributed by atoms with Gasteiger partial charge in [-0.25, -0.2) is 12.8 Å². The van der Waals surface area contributed by atoms with Gasteiger partial charge in [0, 0.05) is 10.6 Å². The molecule has 5 nitrogen and oxygen atoms in total. The van der Waals surface area contributed by atoms with E-state index < -0.39 is 22.0 Å². The lowest BCUT2D eigenvalue weighted by Gasteiger charge is -2.27. The molecule has 2 atom stereocenters. The van der Waals surface area contributed by atoms with E-state index in [0.717, 1.165) is 27.3 Å². The summed E-state index contributed by atoms with van der Waals surface area (Å²) < 4.78 is 42.4. The fourth-order valence-corrected chi connectivity index (χ4v) is 6.66. The minimum Gasteiger partial charge on any atom is -0.348 e. The lowest BCUT2D eigenvalue weighted by molar-refractivity contribution is -0.123. The second-order valence-electron chi connectivity index (χ2n) is 7.81. The van der Waals surface area contributed by atoms with Crippen molar-refractivity contribution in [2.24, 2.45) is 0 Å². The molecule has 1 heterocycles. The number of halogens is 1. The number of carbonyl (C=O) groups excluding carboxylic acids is 1. The molecule has 0 spiro atoms. The van der Waals surface area contributed by atoms with Crippen LogP contribution in [0.5, 0.6) is 0 Å². The maximum absolute atomic E-state index is 13.7. The normalized spacial score (nSPS) is 17.3. The van der Waals surface area contributed by atoms with E-state index in [0.29, 0.717) is 17.5 Å². The third kappa shape index (κ3) is 4.55. The molecule has 1 aliphatic rings. The summed E-state index contributed by atoms with van der Waals surface area (Å²) in [6.45, 7) is 8.80. The van der Waals surface area contributed by atoms with Crippen LogP contribution in [0.15, 0.2) is 34.1 Å². The second-order valence-corrected chi connectivity index (χ2v) is 10.6. The number of fused-ring (bicyclic) bond motifs is 1. The summed E-state index contributed by atoms with van der Waals surface area (Å²) in [5.74, 6) is 0.000336. The van der Waals surface area contributed by atoms with E-state index in [2.05, 4.69) is 10.0 Å². The van der Waals surface area contributed by atoms with Crippen LogP contribution < -0.4 is 10.0 Å². The van der Waals surface area contributed by atoms with E-state index in [9.17, 15) is 17.6 Å². The van der Waals surface area contributed by atoms with Crippen LogP contribution in [-0.4, -0.2) is 26.1 Å². The van der Waals surface area contributed by atoms with Crippen molar-refractivity contribution in [2.75, 3.05) is 5.75 Å². The van der Waals surface area contributed by atoms with Gasteiger partial charge < -0.3 is 5.32 Å². The quantitative estimate of drug-likeness (QED) is 0.720. The van der Waals surface area contributed by atoms with Crippen LogP contribution in [0.2, 0.25) is 0 Å². The number of nitrogens with one attached hydrogen (secondary N) is 2. The number of rotatable bonds is 5. The van der Waals surface area contributed by atoms with Gasteiger partial charge in [0.25, 0.3) is 0 Å². The van der Waals surface area contributed by atoms with Gasteiger partial charge in [0.05, 0.1) is 17.0 Å². The first-order chi connectivity index (χ1) is 14.0. The van der Waals surface area contributed by atoms with Crippen molar-refractivity contribution in [1.29, 1.82) is 0 Å². The summed E-state index contributed by atoms with van der Waals surface area (Å²) in [5.41, 5.74) is 3.84. The average molecular weight is 451 g/mol. The van der Waals surface area contributed by atoms with Crippen LogP contribution in [0.1, 0.15) is 47.2 Å². The number of carbonyl (C=O) groups is 1. The molecule has 0 saturated carbocycles. The molecule has 2 aromatic carbocycles. The molecule has 2 N–H and O–H groups in total. The van der Waals surface area contributed by atoms with Crippen LogP contribution in [0.4, 0.5) is 4.39 Å². The lowest BCUT2D eigenvalue weighted by Crippen LogP contribution is -2.46. The van der Waals surface area contributed by atoms with Crippen LogP contribution in [0.25, 0.3) is 0 Å². The topological polar surface area (TPSA) is 75.3 Å². The molecular formula is C22H27FN2O3S2. The van der Waals surface area contributed by atoms with Gasteiger partial charge in [-0.15, -0.1) is 11.8 Å². The molecule has 0 aliphatic carbocycles. The molecular weight excluding hydrogens is 423 g/mol. The maximum Gasteiger partial charge on any atom is 0.241 e. The van der Waals surface area contributed by atoms with Crippen molar-refractivity contribution in [3.05, 3.63) is 57.9 Å². The molecule has 0 saturated heterocycles. The zero-order valence-corrected chi connectivity index (χ0v) is 19.4. The Morgan fingerprint density at radius 1 is 1.13 bits per heavy atom. The first-order valence-corrected chi connectivity index (χ1v) is 12.3. The van der Waals surface area contributed by atoms with Gasteiger partial charge in [0.15, 0.2) is 0 Å². The third-order valence-electron chi connectivity index (χ3n) is 5.62. The van der Waals surface area contributed by atoms with Crippen LogP contribution in [0.3, 0.4) is 0 Å². The molecule has 1 amide bonds. The smallest absolute Gasteiger partial charge is 0.241 e. The first-order valence-electron chi connectivity index (χ1n) is 9.83. The molecule has 30 heavy (non-hydrogen) atoms. The summed E-state index contributed by atoms with van der Waals surface area (Å²) in [6, 6.07) is 5.19. The number of aryl methyl sites for hydroxylation is 2. The van der Waals surface area contributed by atoms with E-state index in [4.69, 9.17) is 0 Å². The molecule has 162 valence electrons. The SMILES string of the molecule is Cc1cc(C)c(C)c(S(=O)(=O)N[C@@H](C)C(=O)NC2CCSc3ccc(F)cc32)c1C. The average Bonchev–Trinajstić information content (AvgIpc) is 2.66. The van der Waals surface area contributed by atoms with Crippen LogP contribution in [-0.2, 0) is 14.8 Å². The van der Waals surface area contributed by atoms with Gasteiger partial charge in [-0.2, -0.15) is 4.72 Å². The highest BCUT2D eigenvalue weighted by molar-refractivity contribution is 7.99. The number of sulfonamides is 1. The zero-order chi connectivity index (χ0) is 22.2. The number of amides is 1. The second kappa shape index (κ2) is 8.69. The lowest BCUT2D eigenvalue weighted by atomic mass is 10.0. The van der Waals surface area contributed by atoms with E-state index in [1.54, 1.807) is 31.7 Å². The van der Waals surface area contributed by atoms with E-state index in [1.807, 2.05) is 19.9 Å². The molecule has 0 aromatic heterocycles. The van der Waals surface area contributed by atoms with Gasteiger partial charge in [-0.05, 0) is 87.1 Å². The van der Waals surface area contributed by atoms with Crippen molar-refractivity contribution in [3.8, 4) is 0 Å². The van der Waals surface area contributed by atoms with Crippen molar-refractivity contribution >= 4 is 27.7 Å². The van der Waals surface area contributed by atoms with Crippen molar-refractivity contribution in [2.45, 2.75) is 62.9 Å². The van der Waals surface area contributed by atoms with Crippen molar-refractivity contribution in [3.63, 3.8) is 0 Å². The molecule has 2 aromatic rings. The molecule has 0 fully saturated rings. The largest absolute Gasteiger partial charge is 0.348 e. The predicted octanol–water partition coefficient (Wildman–Crippen LogP) is 4.08. The van der Waals surface area contributed by atoms with Crippen LogP contribution in [0, 0.1) is 33.5 Å². The molecule has 1 unspecified atom stereocenters. The summed E-state index contributed by atoms with van der Waals surface area (Å²) in [6.07, 6.45) is 0.654. The Kier molecular flexibility index (Phi) is 6.60. The van der Waals surface area contributed by atoms with E-state index >= 15 is 0 Å². The summed E-state index contributed by atoms with van der Waals surface area (Å²) in [4.78, 5) is 13.9. The Labute approximate surface area is 181 Å². The highest BCUT2D eigenvalue weighted by Gasteiger charge is 2.29. The van der Waals surface area contributed by atoms with E-state index in [-0.39, 0.29) is 16.8 Å². The molecule has 1 aliphatic heterocycles. The van der Waals surface area contributed by atoms with Gasteiger partial charge in [-0.1, -0.05) is 6.07 Å². The molecule has 0 radical (unpaired) electrons. The van der Waals surface area contributed by atoms with Gasteiger partial charge >= 0.3 is 0 Å². The van der Waals surface area contributed by atoms with Crippen LogP contribution >= 0.6 is 11.8 Å². The molecule has 8 heteroatoms. The Hall–Kier alpha value is -1.90. The standard InChI is InChI=1S/C22H27FN2O3S2/c1-12-10-13(2)15(4)21(14(12)3)30(27,28)25-16(5)22(26)24-19-8-9-29-20-7-6-17(23)11-18(19)20/h6-7,10-11,16,19,25H,8-9H2,1-5H3,(H,24,26)/t16-,19?/m0/s1. The third-order valence-corrected chi connectivity index (χ3v) is 8.56. The number of thioether (sulfide) groups is 1. The predicted molar refractivity (Wildman–Crippen MR) is 118 cm³/mol. The van der Waals surface area contributed by atoms with Gasteiger partial charge in [0.1, 0.15) is 5.82 Å². The highest BCUT2D eigenvalue weighted by atomic mass is 32.2. The monoisotopic (exact) mass is 450 g/mol. The minimum absolute atomic E-state index is 0.223. The Bertz CT molecular complexity index is 1070. The Morgan fingerprint density at radius 2 is 1.77 bits per heavy atom. The number of hydrogen-bond acceptors (Lipinski definition) is 4. The maximum atomic E-state index is 13.7. The summed E-state index contributed by atoms with van der Waals surface area (Å²) >= 11 is 1.62. The Balaban J connectivity index is 1.80. The van der Waals surface area contributed by atoms with Crippen molar-refractivity contribution < 1.29 is 17.6 Å². The Morgan fingerprint density at radius 3 is 2.40 bits per heavy atom.